The summed E-state index contributed by atoms with van der Waals surface area (Å²) >= 11 is 0. The summed E-state index contributed by atoms with van der Waals surface area (Å²) in [6, 6.07) is 1.28. The molecule has 0 aliphatic rings. The Hall–Kier alpha value is -2.05. The topological polar surface area (TPSA) is 43.6 Å². The number of carbonyl (C=O) groups is 1. The van der Waals surface area contributed by atoms with Crippen molar-refractivity contribution in [1.29, 1.82) is 0 Å². The second-order valence-electron chi connectivity index (χ2n) is 3.68. The molecule has 0 unspecified atom stereocenters. The first-order valence-corrected chi connectivity index (χ1v) is 4.98. The van der Waals surface area contributed by atoms with Crippen molar-refractivity contribution in [2.24, 2.45) is 0 Å². The number of ether oxygens (including phenoxy) is 1. The van der Waals surface area contributed by atoms with Gasteiger partial charge in [0.15, 0.2) is 0 Å². The summed E-state index contributed by atoms with van der Waals surface area (Å²) < 4.78 is 43.4. The Morgan fingerprint density at radius 3 is 2.67 bits per heavy atom. The zero-order valence-electron chi connectivity index (χ0n) is 9.58. The maximum atomic E-state index is 12.7. The molecule has 0 radical (unpaired) electrons. The Balaban J connectivity index is 2.68. The van der Waals surface area contributed by atoms with Gasteiger partial charge < -0.3 is 4.74 Å². The summed E-state index contributed by atoms with van der Waals surface area (Å²) in [5.74, 6) is -0.605. The van der Waals surface area contributed by atoms with Gasteiger partial charge in [-0.05, 0) is 13.0 Å². The van der Waals surface area contributed by atoms with E-state index in [0.29, 0.717) is 5.56 Å². The summed E-state index contributed by atoms with van der Waals surface area (Å²) in [6.07, 6.45) is -2.59. The summed E-state index contributed by atoms with van der Waals surface area (Å²) in [5, 5.41) is 0. The molecule has 0 aromatic carbocycles. The largest absolute Gasteiger partial charge is 0.465 e. The van der Waals surface area contributed by atoms with E-state index in [4.69, 9.17) is 0 Å². The van der Waals surface area contributed by atoms with Gasteiger partial charge in [0, 0.05) is 11.8 Å². The lowest BCUT2D eigenvalue weighted by Gasteiger charge is -2.08. The van der Waals surface area contributed by atoms with Crippen LogP contribution >= 0.6 is 0 Å². The molecule has 0 atom stereocenters. The van der Waals surface area contributed by atoms with E-state index in [1.54, 1.807) is 0 Å². The minimum atomic E-state index is -4.49. The van der Waals surface area contributed by atoms with E-state index in [1.165, 1.54) is 20.1 Å². The summed E-state index contributed by atoms with van der Waals surface area (Å²) in [5.41, 5.74) is -0.244. The number of pyridine rings is 1. The van der Waals surface area contributed by atoms with E-state index >= 15 is 0 Å². The Bertz CT molecular complexity index is 617. The number of hydrogen-bond acceptors (Lipinski definition) is 3. The highest BCUT2D eigenvalue weighted by atomic mass is 19.4. The molecular weight excluding hydrogens is 249 g/mol. The lowest BCUT2D eigenvalue weighted by atomic mass is 10.1. The van der Waals surface area contributed by atoms with E-state index in [-0.39, 0.29) is 11.2 Å². The molecule has 0 N–H and O–H groups in total. The lowest BCUT2D eigenvalue weighted by molar-refractivity contribution is -0.141. The molecule has 2 rings (SSSR count). The van der Waals surface area contributed by atoms with Gasteiger partial charge >= 0.3 is 12.1 Å². The van der Waals surface area contributed by atoms with Gasteiger partial charge in [-0.3, -0.25) is 4.40 Å². The standard InChI is InChI=1S/C11H9F3N2O2/c1-6-7(10(17)18-2)3-4-16-8(11(12,13)14)5-15-9(6)16/h3-5H,1-2H3. The number of alkyl halides is 3. The summed E-state index contributed by atoms with van der Waals surface area (Å²) in [6.45, 7) is 1.52. The van der Waals surface area contributed by atoms with Crippen LogP contribution in [0.25, 0.3) is 5.65 Å². The Kier molecular flexibility index (Phi) is 2.76. The molecule has 0 fully saturated rings. The van der Waals surface area contributed by atoms with Crippen molar-refractivity contribution in [2.45, 2.75) is 13.1 Å². The molecule has 0 spiro atoms. The van der Waals surface area contributed by atoms with Crippen molar-refractivity contribution < 1.29 is 22.7 Å². The van der Waals surface area contributed by atoms with Crippen molar-refractivity contribution in [3.05, 3.63) is 35.3 Å². The maximum Gasteiger partial charge on any atom is 0.433 e. The molecule has 0 saturated heterocycles. The van der Waals surface area contributed by atoms with Crippen LogP contribution in [0.4, 0.5) is 13.2 Å². The minimum Gasteiger partial charge on any atom is -0.465 e. The van der Waals surface area contributed by atoms with Crippen LogP contribution in [0, 0.1) is 6.92 Å². The molecule has 7 heteroatoms. The van der Waals surface area contributed by atoms with Gasteiger partial charge in [0.05, 0.1) is 18.9 Å². The number of aryl methyl sites for hydroxylation is 1. The highest BCUT2D eigenvalue weighted by molar-refractivity contribution is 5.92. The average molecular weight is 258 g/mol. The molecule has 0 aliphatic carbocycles. The van der Waals surface area contributed by atoms with Gasteiger partial charge in [0.25, 0.3) is 0 Å². The summed E-state index contributed by atoms with van der Waals surface area (Å²) in [7, 11) is 1.21. The van der Waals surface area contributed by atoms with Gasteiger partial charge in [-0.1, -0.05) is 0 Å². The van der Waals surface area contributed by atoms with E-state index in [0.717, 1.165) is 16.8 Å². The van der Waals surface area contributed by atoms with E-state index in [9.17, 15) is 18.0 Å². The molecule has 2 aromatic heterocycles. The van der Waals surface area contributed by atoms with E-state index < -0.39 is 17.8 Å². The van der Waals surface area contributed by atoms with E-state index in [2.05, 4.69) is 9.72 Å². The highest BCUT2D eigenvalue weighted by Crippen LogP contribution is 2.30. The predicted molar refractivity (Wildman–Crippen MR) is 56.3 cm³/mol. The third kappa shape index (κ3) is 1.81. The normalized spacial score (nSPS) is 11.8. The first-order chi connectivity index (χ1) is 8.36. The van der Waals surface area contributed by atoms with Crippen molar-refractivity contribution in [2.75, 3.05) is 7.11 Å². The average Bonchev–Trinajstić information content (AvgIpc) is 2.73. The second-order valence-corrected chi connectivity index (χ2v) is 3.68. The monoisotopic (exact) mass is 258 g/mol. The van der Waals surface area contributed by atoms with Crippen LogP contribution in [-0.4, -0.2) is 22.5 Å². The molecule has 96 valence electrons. The molecule has 2 aromatic rings. The number of aromatic nitrogens is 2. The first-order valence-electron chi connectivity index (χ1n) is 4.98. The number of halogens is 3. The molecule has 2 heterocycles. The smallest absolute Gasteiger partial charge is 0.433 e. The van der Waals surface area contributed by atoms with Crippen LogP contribution in [0.2, 0.25) is 0 Å². The number of fused-ring (bicyclic) bond motifs is 1. The van der Waals surface area contributed by atoms with Crippen LogP contribution < -0.4 is 0 Å². The zero-order chi connectivity index (χ0) is 13.5. The fourth-order valence-electron chi connectivity index (χ4n) is 1.72. The molecule has 0 bridgehead atoms. The minimum absolute atomic E-state index is 0.0882. The highest BCUT2D eigenvalue weighted by Gasteiger charge is 2.34. The molecule has 18 heavy (non-hydrogen) atoms. The molecule has 0 amide bonds. The zero-order valence-corrected chi connectivity index (χ0v) is 9.58. The lowest BCUT2D eigenvalue weighted by Crippen LogP contribution is -2.10. The van der Waals surface area contributed by atoms with E-state index in [1.807, 2.05) is 0 Å². The van der Waals surface area contributed by atoms with Crippen LogP contribution in [0.3, 0.4) is 0 Å². The third-order valence-corrected chi connectivity index (χ3v) is 2.62. The van der Waals surface area contributed by atoms with Crippen molar-refractivity contribution in [3.8, 4) is 0 Å². The van der Waals surface area contributed by atoms with Gasteiger partial charge in [-0.25, -0.2) is 9.78 Å². The Labute approximate surface area is 100 Å². The van der Waals surface area contributed by atoms with Crippen molar-refractivity contribution in [3.63, 3.8) is 0 Å². The number of nitrogens with zero attached hydrogens (tertiary/aromatic N) is 2. The van der Waals surface area contributed by atoms with Crippen LogP contribution in [0.15, 0.2) is 18.5 Å². The number of methoxy groups -OCH3 is 1. The van der Waals surface area contributed by atoms with Crippen LogP contribution in [-0.2, 0) is 10.9 Å². The van der Waals surface area contributed by atoms with Crippen LogP contribution in [0.5, 0.6) is 0 Å². The van der Waals surface area contributed by atoms with Crippen molar-refractivity contribution >= 4 is 11.6 Å². The number of esters is 1. The van der Waals surface area contributed by atoms with Crippen LogP contribution in [0.1, 0.15) is 21.6 Å². The second kappa shape index (κ2) is 4.01. The Morgan fingerprint density at radius 2 is 2.11 bits per heavy atom. The molecule has 0 saturated carbocycles. The Morgan fingerprint density at radius 1 is 1.44 bits per heavy atom. The van der Waals surface area contributed by atoms with Gasteiger partial charge in [-0.2, -0.15) is 13.2 Å². The summed E-state index contributed by atoms with van der Waals surface area (Å²) in [4.78, 5) is 15.1. The third-order valence-electron chi connectivity index (χ3n) is 2.62. The SMILES string of the molecule is COC(=O)c1ccn2c(C(F)(F)F)cnc2c1C. The number of hydrogen-bond donors (Lipinski definition) is 0. The fraction of sp³-hybridized carbons (Fsp3) is 0.273. The van der Waals surface area contributed by atoms with Crippen molar-refractivity contribution in [1.82, 2.24) is 9.38 Å². The van der Waals surface area contributed by atoms with Gasteiger partial charge in [0.1, 0.15) is 11.3 Å². The molecular formula is C11H9F3N2O2. The number of imidazole rings is 1. The van der Waals surface area contributed by atoms with Gasteiger partial charge in [0.2, 0.25) is 0 Å². The number of carbonyl (C=O) groups excluding carboxylic acids is 1. The molecule has 0 aliphatic heterocycles. The van der Waals surface area contributed by atoms with Gasteiger partial charge in [-0.15, -0.1) is 0 Å². The quantitative estimate of drug-likeness (QED) is 0.738. The number of rotatable bonds is 1. The fourth-order valence-corrected chi connectivity index (χ4v) is 1.72. The molecule has 4 nitrogen and oxygen atoms in total. The predicted octanol–water partition coefficient (Wildman–Crippen LogP) is 2.45. The first kappa shape index (κ1) is 12.4. The maximum absolute atomic E-state index is 12.7.